The maximum atomic E-state index is 12.1. The van der Waals surface area contributed by atoms with Gasteiger partial charge in [0.15, 0.2) is 0 Å². The van der Waals surface area contributed by atoms with Crippen LogP contribution < -0.4 is 10.6 Å². The first kappa shape index (κ1) is 16.2. The van der Waals surface area contributed by atoms with E-state index in [-0.39, 0.29) is 6.04 Å². The Balaban J connectivity index is 2.64. The predicted octanol–water partition coefficient (Wildman–Crippen LogP) is -0.302. The van der Waals surface area contributed by atoms with E-state index in [1.807, 2.05) is 6.92 Å². The number of carboxylic acid groups (broad SMARTS) is 2. The number of hydrogen-bond acceptors (Lipinski definition) is 4. The lowest BCUT2D eigenvalue weighted by molar-refractivity contribution is -0.145. The Morgan fingerprint density at radius 1 is 1.30 bits per heavy atom. The smallest absolute Gasteiger partial charge is 0.326 e. The van der Waals surface area contributed by atoms with Gasteiger partial charge in [0.2, 0.25) is 0 Å². The van der Waals surface area contributed by atoms with Gasteiger partial charge in [-0.25, -0.2) is 9.59 Å². The number of nitrogens with one attached hydrogen (secondary N) is 2. The van der Waals surface area contributed by atoms with Crippen LogP contribution in [0, 0.1) is 0 Å². The summed E-state index contributed by atoms with van der Waals surface area (Å²) in [7, 11) is 0. The molecule has 0 aromatic heterocycles. The second-order valence-electron chi connectivity index (χ2n) is 4.71. The summed E-state index contributed by atoms with van der Waals surface area (Å²) in [5.74, 6) is -2.61. The summed E-state index contributed by atoms with van der Waals surface area (Å²) in [5.41, 5.74) is 0. The van der Waals surface area contributed by atoms with Gasteiger partial charge in [-0.2, -0.15) is 0 Å². The van der Waals surface area contributed by atoms with Gasteiger partial charge < -0.3 is 25.7 Å². The zero-order chi connectivity index (χ0) is 15.1. The van der Waals surface area contributed by atoms with Crippen molar-refractivity contribution in [1.29, 1.82) is 0 Å². The highest BCUT2D eigenvalue weighted by Crippen LogP contribution is 2.12. The first-order valence-electron chi connectivity index (χ1n) is 6.68. The number of rotatable bonds is 6. The molecule has 0 aromatic rings. The van der Waals surface area contributed by atoms with Gasteiger partial charge in [0.1, 0.15) is 6.04 Å². The summed E-state index contributed by atoms with van der Waals surface area (Å²) >= 11 is 0. The summed E-state index contributed by atoms with van der Waals surface area (Å²) in [6.45, 7) is 3.89. The Hall–Kier alpha value is -1.83. The molecule has 1 heterocycles. The molecule has 1 fully saturated rings. The van der Waals surface area contributed by atoms with Crippen molar-refractivity contribution in [1.82, 2.24) is 15.5 Å². The molecule has 1 unspecified atom stereocenters. The number of urea groups is 1. The minimum absolute atomic E-state index is 0.0560. The van der Waals surface area contributed by atoms with Gasteiger partial charge in [0.25, 0.3) is 0 Å². The van der Waals surface area contributed by atoms with E-state index in [1.165, 1.54) is 0 Å². The summed E-state index contributed by atoms with van der Waals surface area (Å²) in [6, 6.07) is -1.87. The van der Waals surface area contributed by atoms with Crippen LogP contribution in [0.5, 0.6) is 0 Å². The lowest BCUT2D eigenvalue weighted by Crippen LogP contribution is -2.53. The molecule has 1 rings (SSSR count). The molecule has 1 atom stereocenters. The average molecular weight is 287 g/mol. The third kappa shape index (κ3) is 4.69. The van der Waals surface area contributed by atoms with Gasteiger partial charge in [-0.3, -0.25) is 4.79 Å². The quantitative estimate of drug-likeness (QED) is 0.532. The van der Waals surface area contributed by atoms with Crippen LogP contribution in [0.1, 0.15) is 26.2 Å². The van der Waals surface area contributed by atoms with E-state index in [0.29, 0.717) is 6.54 Å². The molecule has 0 aromatic carbocycles. The van der Waals surface area contributed by atoms with E-state index in [0.717, 1.165) is 25.9 Å². The molecular weight excluding hydrogens is 266 g/mol. The van der Waals surface area contributed by atoms with Crippen LogP contribution in [0.3, 0.4) is 0 Å². The number of amides is 2. The van der Waals surface area contributed by atoms with Gasteiger partial charge in [-0.05, 0) is 32.9 Å². The van der Waals surface area contributed by atoms with Crippen LogP contribution in [-0.4, -0.2) is 64.8 Å². The van der Waals surface area contributed by atoms with Gasteiger partial charge in [-0.1, -0.05) is 0 Å². The standard InChI is InChI=1S/C12H21N3O5/c1-2-15(8-3-5-13-6-4-8)12(20)14-9(11(18)19)7-10(16)17/h8-9,13H,2-7H2,1H3,(H,14,20)(H,16,17)(H,18,19). The van der Waals surface area contributed by atoms with Crippen molar-refractivity contribution in [3.05, 3.63) is 0 Å². The molecule has 20 heavy (non-hydrogen) atoms. The molecule has 0 aliphatic carbocycles. The van der Waals surface area contributed by atoms with Crippen molar-refractivity contribution in [3.63, 3.8) is 0 Å². The second kappa shape index (κ2) is 7.68. The van der Waals surface area contributed by atoms with Gasteiger partial charge in [-0.15, -0.1) is 0 Å². The second-order valence-corrected chi connectivity index (χ2v) is 4.71. The lowest BCUT2D eigenvalue weighted by atomic mass is 10.1. The maximum absolute atomic E-state index is 12.1. The fraction of sp³-hybridized carbons (Fsp3) is 0.750. The van der Waals surface area contributed by atoms with E-state index in [1.54, 1.807) is 4.90 Å². The van der Waals surface area contributed by atoms with Crippen LogP contribution in [0.4, 0.5) is 4.79 Å². The summed E-state index contributed by atoms with van der Waals surface area (Å²) in [4.78, 5) is 35.2. The first-order chi connectivity index (χ1) is 9.45. The predicted molar refractivity (Wildman–Crippen MR) is 70.5 cm³/mol. The molecule has 1 aliphatic heterocycles. The average Bonchev–Trinajstić information content (AvgIpc) is 2.39. The fourth-order valence-corrected chi connectivity index (χ4v) is 2.29. The van der Waals surface area contributed by atoms with E-state index in [9.17, 15) is 14.4 Å². The number of carbonyl (C=O) groups is 3. The Bertz CT molecular complexity index is 368. The molecule has 1 saturated heterocycles. The SMILES string of the molecule is CCN(C(=O)NC(CC(=O)O)C(=O)O)C1CCNCC1. The number of carbonyl (C=O) groups excluding carboxylic acids is 1. The van der Waals surface area contributed by atoms with Crippen molar-refractivity contribution in [2.75, 3.05) is 19.6 Å². The first-order valence-corrected chi connectivity index (χ1v) is 6.68. The zero-order valence-corrected chi connectivity index (χ0v) is 11.5. The highest BCUT2D eigenvalue weighted by molar-refractivity contribution is 5.86. The van der Waals surface area contributed by atoms with Gasteiger partial charge in [0, 0.05) is 12.6 Å². The van der Waals surface area contributed by atoms with Crippen LogP contribution in [-0.2, 0) is 9.59 Å². The third-order valence-electron chi connectivity index (χ3n) is 3.33. The summed E-state index contributed by atoms with van der Waals surface area (Å²) < 4.78 is 0. The molecule has 1 aliphatic rings. The van der Waals surface area contributed by atoms with Crippen molar-refractivity contribution >= 4 is 18.0 Å². The number of aliphatic carboxylic acids is 2. The summed E-state index contributed by atoms with van der Waals surface area (Å²) in [6.07, 6.45) is 0.973. The third-order valence-corrected chi connectivity index (χ3v) is 3.33. The van der Waals surface area contributed by atoms with Gasteiger partial charge in [0.05, 0.1) is 6.42 Å². The minimum Gasteiger partial charge on any atom is -0.481 e. The molecular formula is C12H21N3O5. The normalized spacial score (nSPS) is 17.2. The van der Waals surface area contributed by atoms with Crippen molar-refractivity contribution in [2.45, 2.75) is 38.3 Å². The molecule has 0 spiro atoms. The van der Waals surface area contributed by atoms with Crippen molar-refractivity contribution in [3.8, 4) is 0 Å². The molecule has 0 saturated carbocycles. The Labute approximate surface area is 117 Å². The lowest BCUT2D eigenvalue weighted by Gasteiger charge is -2.34. The van der Waals surface area contributed by atoms with Crippen LogP contribution in [0.15, 0.2) is 0 Å². The Morgan fingerprint density at radius 2 is 1.90 bits per heavy atom. The van der Waals surface area contributed by atoms with E-state index < -0.39 is 30.4 Å². The maximum Gasteiger partial charge on any atom is 0.326 e. The molecule has 2 amide bonds. The fourth-order valence-electron chi connectivity index (χ4n) is 2.29. The number of piperidine rings is 1. The molecule has 4 N–H and O–H groups in total. The van der Waals surface area contributed by atoms with E-state index >= 15 is 0 Å². The number of nitrogens with zero attached hydrogens (tertiary/aromatic N) is 1. The molecule has 0 radical (unpaired) electrons. The topological polar surface area (TPSA) is 119 Å². The highest BCUT2D eigenvalue weighted by Gasteiger charge is 2.28. The molecule has 114 valence electrons. The van der Waals surface area contributed by atoms with Crippen molar-refractivity contribution < 1.29 is 24.6 Å². The minimum atomic E-state index is -1.41. The van der Waals surface area contributed by atoms with E-state index in [2.05, 4.69) is 10.6 Å². The molecule has 0 bridgehead atoms. The molecule has 8 heteroatoms. The highest BCUT2D eigenvalue weighted by atomic mass is 16.4. The summed E-state index contributed by atoms with van der Waals surface area (Å²) in [5, 5.41) is 23.1. The number of hydrogen-bond donors (Lipinski definition) is 4. The number of carboxylic acids is 2. The van der Waals surface area contributed by atoms with Crippen LogP contribution in [0.25, 0.3) is 0 Å². The Kier molecular flexibility index (Phi) is 6.23. The largest absolute Gasteiger partial charge is 0.481 e. The Morgan fingerprint density at radius 3 is 2.35 bits per heavy atom. The monoisotopic (exact) mass is 287 g/mol. The van der Waals surface area contributed by atoms with Crippen molar-refractivity contribution in [2.24, 2.45) is 0 Å². The van der Waals surface area contributed by atoms with E-state index in [4.69, 9.17) is 10.2 Å². The van der Waals surface area contributed by atoms with Gasteiger partial charge >= 0.3 is 18.0 Å². The van der Waals surface area contributed by atoms with Crippen LogP contribution in [0.2, 0.25) is 0 Å². The van der Waals surface area contributed by atoms with Crippen LogP contribution >= 0.6 is 0 Å². The zero-order valence-electron chi connectivity index (χ0n) is 11.5. The molecule has 8 nitrogen and oxygen atoms in total.